The molecular formula is C15H24N2O. The number of aryl methyl sites for hydroxylation is 2. The van der Waals surface area contributed by atoms with Crippen molar-refractivity contribution >= 4 is 0 Å². The molecule has 100 valence electrons. The van der Waals surface area contributed by atoms with E-state index in [2.05, 4.69) is 26.0 Å². The van der Waals surface area contributed by atoms with Crippen LogP contribution in [0.4, 0.5) is 0 Å². The summed E-state index contributed by atoms with van der Waals surface area (Å²) in [6.07, 6.45) is 3.60. The molecule has 1 saturated carbocycles. The number of rotatable bonds is 6. The van der Waals surface area contributed by atoms with Crippen molar-refractivity contribution in [2.75, 3.05) is 13.2 Å². The van der Waals surface area contributed by atoms with Crippen molar-refractivity contribution in [3.63, 3.8) is 0 Å². The normalized spacial score (nSPS) is 16.7. The minimum atomic E-state index is -0.0773. The Balaban J connectivity index is 2.21. The van der Waals surface area contributed by atoms with Crippen LogP contribution in [0.5, 0.6) is 5.75 Å². The Morgan fingerprint density at radius 3 is 2.67 bits per heavy atom. The highest BCUT2D eigenvalue weighted by atomic mass is 16.5. The third kappa shape index (κ3) is 3.03. The second kappa shape index (κ2) is 5.72. The van der Waals surface area contributed by atoms with Crippen LogP contribution in [0.15, 0.2) is 12.1 Å². The maximum atomic E-state index is 6.00. The smallest absolute Gasteiger partial charge is 0.125 e. The van der Waals surface area contributed by atoms with E-state index in [1.165, 1.54) is 24.0 Å². The van der Waals surface area contributed by atoms with E-state index in [-0.39, 0.29) is 6.04 Å². The molecule has 1 atom stereocenters. The predicted octanol–water partition coefficient (Wildman–Crippen LogP) is 2.30. The number of benzene rings is 1. The van der Waals surface area contributed by atoms with Crippen LogP contribution < -0.4 is 16.2 Å². The van der Waals surface area contributed by atoms with Gasteiger partial charge in [0.15, 0.2) is 0 Å². The highest BCUT2D eigenvalue weighted by molar-refractivity contribution is 5.45. The van der Waals surface area contributed by atoms with Crippen molar-refractivity contribution in [2.24, 2.45) is 17.4 Å². The molecule has 1 unspecified atom stereocenters. The summed E-state index contributed by atoms with van der Waals surface area (Å²) < 4.78 is 5.98. The fraction of sp³-hybridized carbons (Fsp3) is 0.600. The van der Waals surface area contributed by atoms with Crippen molar-refractivity contribution in [3.05, 3.63) is 28.8 Å². The molecule has 0 bridgehead atoms. The highest BCUT2D eigenvalue weighted by Crippen LogP contribution is 2.33. The van der Waals surface area contributed by atoms with Gasteiger partial charge in [-0.25, -0.2) is 0 Å². The van der Waals surface area contributed by atoms with Gasteiger partial charge in [0, 0.05) is 12.6 Å². The molecule has 1 aliphatic carbocycles. The quantitative estimate of drug-likeness (QED) is 0.812. The molecule has 4 N–H and O–H groups in total. The van der Waals surface area contributed by atoms with Crippen LogP contribution in [0.3, 0.4) is 0 Å². The number of ether oxygens (including phenoxy) is 1. The van der Waals surface area contributed by atoms with Crippen molar-refractivity contribution in [1.29, 1.82) is 0 Å². The van der Waals surface area contributed by atoms with Crippen LogP contribution in [0.25, 0.3) is 0 Å². The Morgan fingerprint density at radius 1 is 1.39 bits per heavy atom. The standard InChI is InChI=1S/C15H24N2O/c1-3-12-7-13(14(17)8-16)6-10(2)15(12)18-9-11-4-5-11/h6-7,11,14H,3-5,8-9,16-17H2,1-2H3. The Morgan fingerprint density at radius 2 is 2.11 bits per heavy atom. The Labute approximate surface area is 110 Å². The molecule has 1 aliphatic rings. The molecule has 1 aromatic rings. The summed E-state index contributed by atoms with van der Waals surface area (Å²) in [5, 5.41) is 0. The second-order valence-electron chi connectivity index (χ2n) is 5.28. The van der Waals surface area contributed by atoms with E-state index in [1.807, 2.05) is 0 Å². The Kier molecular flexibility index (Phi) is 4.25. The lowest BCUT2D eigenvalue weighted by Gasteiger charge is -2.17. The van der Waals surface area contributed by atoms with Crippen LogP contribution in [-0.4, -0.2) is 13.2 Å². The zero-order chi connectivity index (χ0) is 13.1. The van der Waals surface area contributed by atoms with Gasteiger partial charge in [-0.15, -0.1) is 0 Å². The Hall–Kier alpha value is -1.06. The van der Waals surface area contributed by atoms with Crippen LogP contribution in [-0.2, 0) is 6.42 Å². The zero-order valence-corrected chi connectivity index (χ0v) is 11.4. The number of hydrogen-bond acceptors (Lipinski definition) is 3. The van der Waals surface area contributed by atoms with Crippen molar-refractivity contribution in [1.82, 2.24) is 0 Å². The average molecular weight is 248 g/mol. The molecule has 2 rings (SSSR count). The van der Waals surface area contributed by atoms with Crippen LogP contribution in [0.1, 0.15) is 42.5 Å². The van der Waals surface area contributed by atoms with E-state index >= 15 is 0 Å². The van der Waals surface area contributed by atoms with Crippen LogP contribution in [0, 0.1) is 12.8 Å². The van der Waals surface area contributed by atoms with Crippen molar-refractivity contribution < 1.29 is 4.74 Å². The number of nitrogens with two attached hydrogens (primary N) is 2. The molecule has 1 aromatic carbocycles. The zero-order valence-electron chi connectivity index (χ0n) is 11.4. The van der Waals surface area contributed by atoms with Gasteiger partial charge in [-0.1, -0.05) is 19.1 Å². The summed E-state index contributed by atoms with van der Waals surface area (Å²) in [4.78, 5) is 0. The lowest BCUT2D eigenvalue weighted by molar-refractivity contribution is 0.295. The predicted molar refractivity (Wildman–Crippen MR) is 74.8 cm³/mol. The van der Waals surface area contributed by atoms with Gasteiger partial charge in [-0.3, -0.25) is 0 Å². The molecule has 0 amide bonds. The van der Waals surface area contributed by atoms with E-state index < -0.39 is 0 Å². The van der Waals surface area contributed by atoms with Gasteiger partial charge < -0.3 is 16.2 Å². The van der Waals surface area contributed by atoms with Gasteiger partial charge in [-0.2, -0.15) is 0 Å². The SMILES string of the molecule is CCc1cc(C(N)CN)cc(C)c1OCC1CC1. The molecule has 3 heteroatoms. The first-order chi connectivity index (χ1) is 8.65. The van der Waals surface area contributed by atoms with Crippen molar-refractivity contribution in [2.45, 2.75) is 39.2 Å². The van der Waals surface area contributed by atoms with Gasteiger partial charge in [-0.05, 0) is 48.8 Å². The van der Waals surface area contributed by atoms with E-state index in [0.717, 1.165) is 30.3 Å². The minimum absolute atomic E-state index is 0.0773. The summed E-state index contributed by atoms with van der Waals surface area (Å²) in [6.45, 7) is 5.58. The summed E-state index contributed by atoms with van der Waals surface area (Å²) in [5.74, 6) is 1.83. The fourth-order valence-corrected chi connectivity index (χ4v) is 2.18. The van der Waals surface area contributed by atoms with E-state index in [4.69, 9.17) is 16.2 Å². The van der Waals surface area contributed by atoms with Gasteiger partial charge >= 0.3 is 0 Å². The van der Waals surface area contributed by atoms with Gasteiger partial charge in [0.25, 0.3) is 0 Å². The largest absolute Gasteiger partial charge is 0.493 e. The molecule has 0 saturated heterocycles. The van der Waals surface area contributed by atoms with Crippen molar-refractivity contribution in [3.8, 4) is 5.75 Å². The first-order valence-electron chi connectivity index (χ1n) is 6.87. The lowest BCUT2D eigenvalue weighted by Crippen LogP contribution is -2.21. The fourth-order valence-electron chi connectivity index (χ4n) is 2.18. The van der Waals surface area contributed by atoms with E-state index in [1.54, 1.807) is 0 Å². The lowest BCUT2D eigenvalue weighted by atomic mass is 9.98. The van der Waals surface area contributed by atoms with Gasteiger partial charge in [0.1, 0.15) is 5.75 Å². The Bertz CT molecular complexity index is 413. The molecule has 18 heavy (non-hydrogen) atoms. The summed E-state index contributed by atoms with van der Waals surface area (Å²) in [6, 6.07) is 4.18. The first kappa shape index (κ1) is 13.4. The molecule has 0 aliphatic heterocycles. The minimum Gasteiger partial charge on any atom is -0.493 e. The monoisotopic (exact) mass is 248 g/mol. The molecule has 0 spiro atoms. The van der Waals surface area contributed by atoms with Crippen LogP contribution >= 0.6 is 0 Å². The van der Waals surface area contributed by atoms with Crippen LogP contribution in [0.2, 0.25) is 0 Å². The molecular weight excluding hydrogens is 224 g/mol. The number of hydrogen-bond donors (Lipinski definition) is 2. The van der Waals surface area contributed by atoms with Gasteiger partial charge in [0.05, 0.1) is 6.61 Å². The van der Waals surface area contributed by atoms with Gasteiger partial charge in [0.2, 0.25) is 0 Å². The van der Waals surface area contributed by atoms with E-state index in [0.29, 0.717) is 6.54 Å². The highest BCUT2D eigenvalue weighted by Gasteiger charge is 2.23. The summed E-state index contributed by atoms with van der Waals surface area (Å²) in [7, 11) is 0. The first-order valence-corrected chi connectivity index (χ1v) is 6.87. The molecule has 0 aromatic heterocycles. The topological polar surface area (TPSA) is 61.3 Å². The maximum absolute atomic E-state index is 6.00. The average Bonchev–Trinajstić information content (AvgIpc) is 3.19. The molecule has 0 radical (unpaired) electrons. The second-order valence-corrected chi connectivity index (χ2v) is 5.28. The third-order valence-corrected chi connectivity index (χ3v) is 3.60. The van der Waals surface area contributed by atoms with E-state index in [9.17, 15) is 0 Å². The summed E-state index contributed by atoms with van der Waals surface area (Å²) >= 11 is 0. The molecule has 0 heterocycles. The summed E-state index contributed by atoms with van der Waals surface area (Å²) in [5.41, 5.74) is 15.2. The molecule has 1 fully saturated rings. The third-order valence-electron chi connectivity index (χ3n) is 3.60. The molecule has 3 nitrogen and oxygen atoms in total. The maximum Gasteiger partial charge on any atom is 0.125 e.